The Morgan fingerprint density at radius 1 is 1.38 bits per heavy atom. The first kappa shape index (κ1) is 13.2. The first-order valence-electron chi connectivity index (χ1n) is 4.37. The zero-order chi connectivity index (χ0) is 12.3. The molecule has 7 heteroatoms. The normalized spacial score (nSPS) is 14.5. The van der Waals surface area contributed by atoms with Crippen LogP contribution in [0.25, 0.3) is 0 Å². The second-order valence-electron chi connectivity index (χ2n) is 3.23. The Bertz CT molecular complexity index is 380. The molecule has 0 fully saturated rings. The van der Waals surface area contributed by atoms with E-state index in [0.717, 1.165) is 0 Å². The van der Waals surface area contributed by atoms with Crippen molar-refractivity contribution < 1.29 is 15.0 Å². The first-order chi connectivity index (χ1) is 7.40. The molecule has 2 unspecified atom stereocenters. The predicted molar refractivity (Wildman–Crippen MR) is 59.0 cm³/mol. The lowest BCUT2D eigenvalue weighted by Gasteiger charge is -2.16. The summed E-state index contributed by atoms with van der Waals surface area (Å²) in [6, 6.07) is 2.70. The molecule has 5 nitrogen and oxygen atoms in total. The number of nitrogens with two attached hydrogens (primary N) is 1. The van der Waals surface area contributed by atoms with Crippen LogP contribution >= 0.6 is 23.2 Å². The number of rotatable bonds is 4. The number of aliphatic hydroxyl groups is 2. The van der Waals surface area contributed by atoms with Crippen LogP contribution in [0.2, 0.25) is 10.3 Å². The Morgan fingerprint density at radius 2 is 1.88 bits per heavy atom. The lowest BCUT2D eigenvalue weighted by atomic mass is 10.0. The highest BCUT2D eigenvalue weighted by molar-refractivity contribution is 6.32. The molecule has 4 N–H and O–H groups in total. The topological polar surface area (TPSA) is 96.4 Å². The molecule has 0 aliphatic rings. The van der Waals surface area contributed by atoms with Gasteiger partial charge in [-0.1, -0.05) is 23.2 Å². The van der Waals surface area contributed by atoms with Gasteiger partial charge in [0.25, 0.3) is 0 Å². The van der Waals surface area contributed by atoms with Crippen molar-refractivity contribution in [2.24, 2.45) is 5.73 Å². The highest BCUT2D eigenvalue weighted by atomic mass is 35.5. The number of hydrogen-bond acceptors (Lipinski definition) is 4. The second-order valence-corrected chi connectivity index (χ2v) is 4.00. The number of halogens is 2. The van der Waals surface area contributed by atoms with E-state index in [9.17, 15) is 15.0 Å². The molecule has 2 atom stereocenters. The highest BCUT2D eigenvalue weighted by Crippen LogP contribution is 2.23. The van der Waals surface area contributed by atoms with Crippen molar-refractivity contribution in [2.45, 2.75) is 18.6 Å². The lowest BCUT2D eigenvalue weighted by molar-refractivity contribution is -0.121. The summed E-state index contributed by atoms with van der Waals surface area (Å²) in [5.74, 6) is -0.710. The molecule has 1 aromatic rings. The number of nitrogens with zero attached hydrogens (tertiary/aromatic N) is 1. The van der Waals surface area contributed by atoms with E-state index in [1.165, 1.54) is 12.1 Å². The van der Waals surface area contributed by atoms with Gasteiger partial charge in [0, 0.05) is 0 Å². The number of carbonyl (C=O) groups excluding carboxylic acids is 1. The molecule has 0 saturated carbocycles. The fraction of sp³-hybridized carbons (Fsp3) is 0.333. The fourth-order valence-corrected chi connectivity index (χ4v) is 1.67. The molecule has 16 heavy (non-hydrogen) atoms. The molecule has 0 spiro atoms. The van der Waals surface area contributed by atoms with Crippen LogP contribution in [0, 0.1) is 0 Å². The van der Waals surface area contributed by atoms with Crippen LogP contribution in [0.5, 0.6) is 0 Å². The van der Waals surface area contributed by atoms with Gasteiger partial charge in [-0.05, 0) is 17.7 Å². The monoisotopic (exact) mass is 264 g/mol. The van der Waals surface area contributed by atoms with Gasteiger partial charge in [0.2, 0.25) is 5.91 Å². The maximum atomic E-state index is 10.6. The molecule has 0 radical (unpaired) electrons. The standard InChI is InChI=1S/C9H10Cl2N2O3/c10-6-1-4(2-7(11)13-6)9(16)5(14)3-8(12)15/h1-2,5,9,14,16H,3H2,(H2,12,15). The minimum atomic E-state index is -1.30. The van der Waals surface area contributed by atoms with E-state index in [0.29, 0.717) is 0 Å². The van der Waals surface area contributed by atoms with Crippen molar-refractivity contribution in [3.63, 3.8) is 0 Å². The molecular weight excluding hydrogens is 255 g/mol. The molecule has 0 aliphatic carbocycles. The number of primary amides is 1. The van der Waals surface area contributed by atoms with Gasteiger partial charge in [-0.25, -0.2) is 4.98 Å². The molecule has 1 aromatic heterocycles. The maximum Gasteiger partial charge on any atom is 0.220 e. The minimum Gasteiger partial charge on any atom is -0.390 e. The summed E-state index contributed by atoms with van der Waals surface area (Å²) in [6.07, 6.45) is -2.93. The van der Waals surface area contributed by atoms with E-state index in [-0.39, 0.29) is 22.3 Å². The van der Waals surface area contributed by atoms with Gasteiger partial charge < -0.3 is 15.9 Å². The summed E-state index contributed by atoms with van der Waals surface area (Å²) in [6.45, 7) is 0. The van der Waals surface area contributed by atoms with Crippen LogP contribution in [-0.2, 0) is 4.79 Å². The molecule has 1 amide bonds. The molecule has 0 saturated heterocycles. The lowest BCUT2D eigenvalue weighted by Crippen LogP contribution is -2.25. The van der Waals surface area contributed by atoms with Gasteiger partial charge in [0.15, 0.2) is 0 Å². The van der Waals surface area contributed by atoms with E-state index >= 15 is 0 Å². The van der Waals surface area contributed by atoms with Crippen molar-refractivity contribution in [1.82, 2.24) is 4.98 Å². The SMILES string of the molecule is NC(=O)CC(O)C(O)c1cc(Cl)nc(Cl)c1. The van der Waals surface area contributed by atoms with E-state index in [1.54, 1.807) is 0 Å². The fourth-order valence-electron chi connectivity index (χ4n) is 1.19. The average Bonchev–Trinajstić information content (AvgIpc) is 2.13. The van der Waals surface area contributed by atoms with Crippen molar-refractivity contribution in [2.75, 3.05) is 0 Å². The molecule has 1 heterocycles. The van der Waals surface area contributed by atoms with E-state index in [1.807, 2.05) is 0 Å². The molecule has 1 rings (SSSR count). The zero-order valence-electron chi connectivity index (χ0n) is 8.10. The smallest absolute Gasteiger partial charge is 0.220 e. The molecule has 0 aromatic carbocycles. The molecule has 88 valence electrons. The minimum absolute atomic E-state index is 0.0906. The van der Waals surface area contributed by atoms with Crippen LogP contribution in [0.3, 0.4) is 0 Å². The Hall–Kier alpha value is -0.880. The Morgan fingerprint density at radius 3 is 2.31 bits per heavy atom. The van der Waals surface area contributed by atoms with Crippen LogP contribution in [0.15, 0.2) is 12.1 Å². The summed E-state index contributed by atoms with van der Waals surface area (Å²) in [5.41, 5.74) is 5.17. The Balaban J connectivity index is 2.86. The van der Waals surface area contributed by atoms with Crippen LogP contribution in [0.1, 0.15) is 18.1 Å². The number of aromatic nitrogens is 1. The first-order valence-corrected chi connectivity index (χ1v) is 5.13. The third kappa shape index (κ3) is 3.61. The molecular formula is C9H10Cl2N2O3. The van der Waals surface area contributed by atoms with E-state index < -0.39 is 18.1 Å². The second kappa shape index (κ2) is 5.45. The van der Waals surface area contributed by atoms with Gasteiger partial charge in [0.1, 0.15) is 16.4 Å². The Kier molecular flexibility index (Phi) is 4.49. The Labute approximate surface area is 102 Å². The van der Waals surface area contributed by atoms with Crippen LogP contribution in [0.4, 0.5) is 0 Å². The average molecular weight is 265 g/mol. The zero-order valence-corrected chi connectivity index (χ0v) is 9.61. The summed E-state index contributed by atoms with van der Waals surface area (Å²) in [7, 11) is 0. The third-order valence-electron chi connectivity index (χ3n) is 1.90. The molecule has 0 aliphatic heterocycles. The van der Waals surface area contributed by atoms with Gasteiger partial charge in [-0.3, -0.25) is 4.79 Å². The summed E-state index contributed by atoms with van der Waals surface area (Å²) in [4.78, 5) is 14.2. The summed E-state index contributed by atoms with van der Waals surface area (Å²) >= 11 is 11.2. The predicted octanol–water partition coefficient (Wildman–Crippen LogP) is 0.658. The number of hydrogen-bond donors (Lipinski definition) is 3. The number of pyridine rings is 1. The third-order valence-corrected chi connectivity index (χ3v) is 2.29. The van der Waals surface area contributed by atoms with Crippen LogP contribution < -0.4 is 5.73 Å². The van der Waals surface area contributed by atoms with Crippen molar-refractivity contribution >= 4 is 29.1 Å². The van der Waals surface area contributed by atoms with E-state index in [2.05, 4.69) is 4.98 Å². The van der Waals surface area contributed by atoms with Gasteiger partial charge in [-0.2, -0.15) is 0 Å². The number of carbonyl (C=O) groups is 1. The van der Waals surface area contributed by atoms with E-state index in [4.69, 9.17) is 28.9 Å². The largest absolute Gasteiger partial charge is 0.390 e. The summed E-state index contributed by atoms with van der Waals surface area (Å²) in [5, 5.41) is 19.3. The van der Waals surface area contributed by atoms with Gasteiger partial charge >= 0.3 is 0 Å². The van der Waals surface area contributed by atoms with Crippen molar-refractivity contribution in [1.29, 1.82) is 0 Å². The number of aliphatic hydroxyl groups excluding tert-OH is 2. The quantitative estimate of drug-likeness (QED) is 0.696. The van der Waals surface area contributed by atoms with Crippen molar-refractivity contribution in [3.8, 4) is 0 Å². The number of amides is 1. The maximum absolute atomic E-state index is 10.6. The molecule has 0 bridgehead atoms. The van der Waals surface area contributed by atoms with Gasteiger partial charge in [0.05, 0.1) is 12.5 Å². The highest BCUT2D eigenvalue weighted by Gasteiger charge is 2.21. The van der Waals surface area contributed by atoms with Gasteiger partial charge in [-0.15, -0.1) is 0 Å². The van der Waals surface area contributed by atoms with Crippen LogP contribution in [-0.4, -0.2) is 27.2 Å². The van der Waals surface area contributed by atoms with Crippen molar-refractivity contribution in [3.05, 3.63) is 28.0 Å². The summed E-state index contributed by atoms with van der Waals surface area (Å²) < 4.78 is 0.